The lowest BCUT2D eigenvalue weighted by Crippen LogP contribution is -2.56. The normalized spacial score (nSPS) is 24.2. The lowest BCUT2D eigenvalue weighted by atomic mass is 9.70. The van der Waals surface area contributed by atoms with E-state index in [0.717, 1.165) is 18.4 Å². The molecular formula is C41H53N3O8. The van der Waals surface area contributed by atoms with Gasteiger partial charge in [0.2, 0.25) is 11.8 Å². The number of rotatable bonds is 19. The molecule has 5 rings (SSSR count). The first-order valence-electron chi connectivity index (χ1n) is 18.4. The largest absolute Gasteiger partial charge is 0.497 e. The average Bonchev–Trinajstić information content (AvgIpc) is 3.81. The number of esters is 1. The molecule has 1 spiro atoms. The Labute approximate surface area is 307 Å². The molecule has 0 aliphatic carbocycles. The highest BCUT2D eigenvalue weighted by molar-refractivity contribution is 6.04. The molecule has 2 bridgehead atoms. The molecule has 7 atom stereocenters. The number of hydrogen-bond acceptors (Lipinski definition) is 8. The van der Waals surface area contributed by atoms with Gasteiger partial charge in [-0.1, -0.05) is 55.3 Å². The Kier molecular flexibility index (Phi) is 12.9. The van der Waals surface area contributed by atoms with Crippen LogP contribution in [0.2, 0.25) is 0 Å². The van der Waals surface area contributed by atoms with Crippen LogP contribution in [0.1, 0.15) is 70.0 Å². The highest BCUT2D eigenvalue weighted by Gasteiger charge is 2.75. The molecule has 3 saturated heterocycles. The van der Waals surface area contributed by atoms with E-state index in [-0.39, 0.29) is 37.3 Å². The first-order valence-corrected chi connectivity index (χ1v) is 18.4. The van der Waals surface area contributed by atoms with Crippen molar-refractivity contribution in [2.24, 2.45) is 11.8 Å². The second-order valence-electron chi connectivity index (χ2n) is 14.0. The third kappa shape index (κ3) is 7.66. The molecular weight excluding hydrogens is 662 g/mol. The Morgan fingerprint density at radius 1 is 1.06 bits per heavy atom. The number of ether oxygens (including phenoxy) is 3. The number of anilines is 1. The van der Waals surface area contributed by atoms with Crippen molar-refractivity contribution in [3.8, 4) is 5.75 Å². The first-order chi connectivity index (χ1) is 25.1. The van der Waals surface area contributed by atoms with Crippen LogP contribution in [0.5, 0.6) is 5.75 Å². The number of fused-ring (bicyclic) bond motifs is 1. The number of likely N-dealkylation sites (tertiary alicyclic amines) is 1. The van der Waals surface area contributed by atoms with Crippen molar-refractivity contribution in [3.05, 3.63) is 85.5 Å². The Bertz CT molecular complexity index is 1580. The van der Waals surface area contributed by atoms with E-state index in [1.54, 1.807) is 65.3 Å². The first kappa shape index (κ1) is 38.7. The van der Waals surface area contributed by atoms with Gasteiger partial charge in [-0.05, 0) is 68.9 Å². The van der Waals surface area contributed by atoms with Gasteiger partial charge in [-0.25, -0.2) is 0 Å². The number of carbonyl (C=O) groups is 4. The fourth-order valence-corrected chi connectivity index (χ4v) is 8.17. The molecule has 1 N–H and O–H groups in total. The number of hydrogen-bond donors (Lipinski definition) is 1. The van der Waals surface area contributed by atoms with E-state index in [0.29, 0.717) is 50.1 Å². The van der Waals surface area contributed by atoms with Gasteiger partial charge in [0.25, 0.3) is 5.91 Å². The lowest BCUT2D eigenvalue weighted by Gasteiger charge is -2.37. The van der Waals surface area contributed by atoms with Crippen LogP contribution in [0.3, 0.4) is 0 Å². The fraction of sp³-hybridized carbons (Fsp3) is 0.512. The number of aliphatic hydroxyl groups is 1. The minimum atomic E-state index is -1.22. The van der Waals surface area contributed by atoms with E-state index in [1.807, 2.05) is 37.3 Å². The SMILES string of the molecule is C=CCCC(=O)N(C)[C@H](C)[C@H](OC(=O)[C@@H]1[C@@H]2CC[C@]3(O2)[C@H](C(=O)N(CC=C)c2ccc(OC)cc2)N(CCCCCCO)C(=O)[C@@H]13)c1ccccc1. The molecule has 3 fully saturated rings. The van der Waals surface area contributed by atoms with Crippen LogP contribution in [0.4, 0.5) is 5.69 Å². The number of allylic oxidation sites excluding steroid dienone is 1. The standard InChI is InChI=1S/C41H53N3O8/c1-6-8-18-33(46)42(4)28(3)36(29-16-12-11-13-17-29)51-40(49)34-32-23-24-41(52-32)35(34)38(47)44(26-14-9-10-15-27-45)37(41)39(48)43(25-7-2)30-19-21-31(50-5)22-20-30/h6-7,11-13,16-17,19-22,28,32,34-37,45H,1-2,8-10,14-15,18,23-27H2,3-5H3/t28-,32+,34-,35-,36+,37+,41-/m1/s1. The predicted octanol–water partition coefficient (Wildman–Crippen LogP) is 5.24. The van der Waals surface area contributed by atoms with E-state index < -0.39 is 47.7 Å². The average molecular weight is 716 g/mol. The summed E-state index contributed by atoms with van der Waals surface area (Å²) in [6.07, 6.45) is 6.51. The molecule has 280 valence electrons. The molecule has 2 aromatic rings. The Balaban J connectivity index is 1.47. The molecule has 3 aliphatic heterocycles. The van der Waals surface area contributed by atoms with Gasteiger partial charge in [-0.2, -0.15) is 0 Å². The molecule has 3 aliphatic rings. The molecule has 0 aromatic heterocycles. The van der Waals surface area contributed by atoms with E-state index in [4.69, 9.17) is 14.2 Å². The summed E-state index contributed by atoms with van der Waals surface area (Å²) in [4.78, 5) is 61.8. The summed E-state index contributed by atoms with van der Waals surface area (Å²) in [6.45, 7) is 10.1. The number of carbonyl (C=O) groups excluding carboxylic acids is 4. The van der Waals surface area contributed by atoms with Gasteiger partial charge >= 0.3 is 5.97 Å². The Morgan fingerprint density at radius 3 is 2.42 bits per heavy atom. The maximum absolute atomic E-state index is 14.8. The van der Waals surface area contributed by atoms with Crippen molar-refractivity contribution < 1.29 is 38.5 Å². The molecule has 52 heavy (non-hydrogen) atoms. The van der Waals surface area contributed by atoms with Crippen LogP contribution in [-0.2, 0) is 28.7 Å². The number of nitrogens with zero attached hydrogens (tertiary/aromatic N) is 3. The van der Waals surface area contributed by atoms with Crippen molar-refractivity contribution in [2.75, 3.05) is 38.8 Å². The van der Waals surface area contributed by atoms with E-state index in [2.05, 4.69) is 13.2 Å². The predicted molar refractivity (Wildman–Crippen MR) is 197 cm³/mol. The van der Waals surface area contributed by atoms with E-state index in [9.17, 15) is 24.3 Å². The van der Waals surface area contributed by atoms with Gasteiger partial charge in [0.05, 0.1) is 31.1 Å². The zero-order valence-corrected chi connectivity index (χ0v) is 30.7. The molecule has 3 amide bonds. The minimum Gasteiger partial charge on any atom is -0.497 e. The Morgan fingerprint density at radius 2 is 1.77 bits per heavy atom. The van der Waals surface area contributed by atoms with Crippen LogP contribution >= 0.6 is 0 Å². The van der Waals surface area contributed by atoms with Crippen LogP contribution < -0.4 is 9.64 Å². The van der Waals surface area contributed by atoms with Crippen LogP contribution in [-0.4, -0.2) is 96.2 Å². The summed E-state index contributed by atoms with van der Waals surface area (Å²) in [7, 11) is 3.27. The van der Waals surface area contributed by atoms with Crippen molar-refractivity contribution in [2.45, 2.75) is 88.2 Å². The second kappa shape index (κ2) is 17.4. The molecule has 2 aromatic carbocycles. The number of benzene rings is 2. The number of aliphatic hydroxyl groups excluding tert-OH is 1. The van der Waals surface area contributed by atoms with Crippen LogP contribution in [0, 0.1) is 11.8 Å². The minimum absolute atomic E-state index is 0.0910. The number of methoxy groups -OCH3 is 1. The molecule has 3 heterocycles. The molecule has 0 radical (unpaired) electrons. The summed E-state index contributed by atoms with van der Waals surface area (Å²) in [6, 6.07) is 14.9. The van der Waals surface area contributed by atoms with E-state index in [1.165, 1.54) is 0 Å². The van der Waals surface area contributed by atoms with Gasteiger partial charge in [0.1, 0.15) is 23.5 Å². The van der Waals surface area contributed by atoms with Gasteiger partial charge in [0, 0.05) is 38.9 Å². The second-order valence-corrected chi connectivity index (χ2v) is 14.0. The highest BCUT2D eigenvalue weighted by Crippen LogP contribution is 2.59. The van der Waals surface area contributed by atoms with Gasteiger partial charge in [0.15, 0.2) is 0 Å². The molecule has 0 saturated carbocycles. The smallest absolute Gasteiger partial charge is 0.313 e. The monoisotopic (exact) mass is 715 g/mol. The molecule has 11 heteroatoms. The summed E-state index contributed by atoms with van der Waals surface area (Å²) < 4.78 is 18.4. The van der Waals surface area contributed by atoms with Crippen molar-refractivity contribution in [1.82, 2.24) is 9.80 Å². The van der Waals surface area contributed by atoms with Crippen molar-refractivity contribution in [3.63, 3.8) is 0 Å². The van der Waals surface area contributed by atoms with Crippen molar-refractivity contribution >= 4 is 29.4 Å². The van der Waals surface area contributed by atoms with Gasteiger partial charge in [-0.15, -0.1) is 13.2 Å². The summed E-state index contributed by atoms with van der Waals surface area (Å²) >= 11 is 0. The fourth-order valence-electron chi connectivity index (χ4n) is 8.17. The topological polar surface area (TPSA) is 126 Å². The molecule has 0 unspecified atom stereocenters. The number of amides is 3. The zero-order chi connectivity index (χ0) is 37.4. The summed E-state index contributed by atoms with van der Waals surface area (Å²) in [5, 5.41) is 9.29. The number of likely N-dealkylation sites (N-methyl/N-ethyl adjacent to an activating group) is 1. The van der Waals surface area contributed by atoms with Crippen LogP contribution in [0.25, 0.3) is 0 Å². The summed E-state index contributed by atoms with van der Waals surface area (Å²) in [5.41, 5.74) is 0.126. The third-order valence-corrected chi connectivity index (χ3v) is 11.0. The maximum Gasteiger partial charge on any atom is 0.313 e. The number of unbranched alkanes of at least 4 members (excludes halogenated alkanes) is 3. The van der Waals surface area contributed by atoms with Gasteiger partial charge < -0.3 is 34.0 Å². The molecule has 11 nitrogen and oxygen atoms in total. The van der Waals surface area contributed by atoms with Gasteiger partial charge in [-0.3, -0.25) is 19.2 Å². The van der Waals surface area contributed by atoms with E-state index >= 15 is 0 Å². The lowest BCUT2D eigenvalue weighted by molar-refractivity contribution is -0.164. The quantitative estimate of drug-likeness (QED) is 0.119. The van der Waals surface area contributed by atoms with Crippen LogP contribution in [0.15, 0.2) is 79.9 Å². The maximum atomic E-state index is 14.8. The summed E-state index contributed by atoms with van der Waals surface area (Å²) in [5.74, 6) is -2.47. The van der Waals surface area contributed by atoms with Crippen molar-refractivity contribution in [1.29, 1.82) is 0 Å². The highest BCUT2D eigenvalue weighted by atomic mass is 16.6. The third-order valence-electron chi connectivity index (χ3n) is 11.0. The zero-order valence-electron chi connectivity index (χ0n) is 30.7. The Hall–Kier alpha value is -4.48.